The predicted molar refractivity (Wildman–Crippen MR) is 145 cm³/mol. The molecule has 1 unspecified atom stereocenters. The maximum atomic E-state index is 12.7. The minimum absolute atomic E-state index is 0.140. The number of carboxylic acids is 2. The molecule has 0 spiro atoms. The molecule has 1 fully saturated rings. The quantitative estimate of drug-likeness (QED) is 0.0651. The number of nitrogens with one attached hydrogen (secondary N) is 4. The lowest BCUT2D eigenvalue weighted by Crippen LogP contribution is -2.65. The summed E-state index contributed by atoms with van der Waals surface area (Å²) in [7, 11) is 0. The van der Waals surface area contributed by atoms with Crippen molar-refractivity contribution in [1.29, 1.82) is 0 Å². The Kier molecular flexibility index (Phi) is 16.0. The molecule has 1 saturated heterocycles. The number of hydrogen-bond acceptors (Lipinski definition) is 12. The average molecular weight is 622 g/mol. The standard InChI is InChI=1S/C25H43N5O13/c1-11(21(35)30-15(24(39)40)7-8-17(33)29-14(23(37)38)6-4-5-9-26)27-22(36)12(2)42-20-18(28-13(3)32)25(41)43-16(10-31)19(20)34/h11-12,14-16,18-20,25,31,34,41H,4-10,26H2,1-3H3,(H,27,36)(H,28,32)(H,29,33)(H,30,35)(H,37,38)(H,39,40)/t11-,12+,14-,15+,16+,18+,19+,20+,25?/m0/s1. The van der Waals surface area contributed by atoms with Crippen LogP contribution >= 0.6 is 0 Å². The highest BCUT2D eigenvalue weighted by molar-refractivity contribution is 5.91. The smallest absolute Gasteiger partial charge is 0.326 e. The summed E-state index contributed by atoms with van der Waals surface area (Å²) in [4.78, 5) is 72.2. The van der Waals surface area contributed by atoms with E-state index < -0.39 is 103 Å². The third kappa shape index (κ3) is 12.4. The van der Waals surface area contributed by atoms with Crippen LogP contribution in [0.3, 0.4) is 0 Å². The van der Waals surface area contributed by atoms with E-state index in [-0.39, 0.29) is 12.8 Å². The van der Waals surface area contributed by atoms with Crippen LogP contribution < -0.4 is 27.0 Å². The van der Waals surface area contributed by atoms with Gasteiger partial charge in [0.25, 0.3) is 0 Å². The fourth-order valence-electron chi connectivity index (χ4n) is 4.17. The lowest BCUT2D eigenvalue weighted by atomic mass is 9.96. The number of rotatable bonds is 18. The van der Waals surface area contributed by atoms with Crippen LogP contribution in [0.15, 0.2) is 0 Å². The largest absolute Gasteiger partial charge is 0.480 e. The zero-order valence-corrected chi connectivity index (χ0v) is 24.2. The predicted octanol–water partition coefficient (Wildman–Crippen LogP) is -4.11. The van der Waals surface area contributed by atoms with E-state index >= 15 is 0 Å². The van der Waals surface area contributed by atoms with Crippen LogP contribution in [0.5, 0.6) is 0 Å². The average Bonchev–Trinajstić information content (AvgIpc) is 2.93. The molecule has 18 heteroatoms. The van der Waals surface area contributed by atoms with Crippen LogP contribution in [0.2, 0.25) is 0 Å². The van der Waals surface area contributed by atoms with E-state index in [1.165, 1.54) is 13.8 Å². The number of ether oxygens (including phenoxy) is 2. The molecule has 18 nitrogen and oxygen atoms in total. The van der Waals surface area contributed by atoms with Crippen molar-refractivity contribution in [3.05, 3.63) is 0 Å². The highest BCUT2D eigenvalue weighted by atomic mass is 16.6. The van der Waals surface area contributed by atoms with Crippen molar-refractivity contribution in [3.63, 3.8) is 0 Å². The first-order valence-corrected chi connectivity index (χ1v) is 13.7. The minimum atomic E-state index is -1.68. The molecular formula is C25H43N5O13. The Labute approximate surface area is 247 Å². The van der Waals surface area contributed by atoms with Crippen LogP contribution in [-0.2, 0) is 38.2 Å². The van der Waals surface area contributed by atoms with Gasteiger partial charge < -0.3 is 62.0 Å². The molecular weight excluding hydrogens is 578 g/mol. The summed E-state index contributed by atoms with van der Waals surface area (Å²) in [6.07, 6.45) is -6.93. The summed E-state index contributed by atoms with van der Waals surface area (Å²) in [6, 6.07) is -5.32. The maximum absolute atomic E-state index is 12.7. The van der Waals surface area contributed by atoms with E-state index in [4.69, 9.17) is 15.2 Å². The Morgan fingerprint density at radius 2 is 1.51 bits per heavy atom. The van der Waals surface area contributed by atoms with Crippen molar-refractivity contribution in [3.8, 4) is 0 Å². The van der Waals surface area contributed by atoms with Gasteiger partial charge >= 0.3 is 11.9 Å². The topological polar surface area (TPSA) is 296 Å². The van der Waals surface area contributed by atoms with Gasteiger partial charge in [-0.1, -0.05) is 0 Å². The second-order valence-electron chi connectivity index (χ2n) is 10.1. The van der Waals surface area contributed by atoms with Gasteiger partial charge in [-0.15, -0.1) is 0 Å². The van der Waals surface area contributed by atoms with E-state index in [9.17, 15) is 54.3 Å². The Bertz CT molecular complexity index is 983. The fourth-order valence-corrected chi connectivity index (χ4v) is 4.17. The zero-order valence-electron chi connectivity index (χ0n) is 24.2. The molecule has 0 aromatic rings. The van der Waals surface area contributed by atoms with E-state index in [2.05, 4.69) is 21.3 Å². The van der Waals surface area contributed by atoms with Gasteiger partial charge in [0.15, 0.2) is 6.29 Å². The monoisotopic (exact) mass is 621 g/mol. The molecule has 4 amide bonds. The maximum Gasteiger partial charge on any atom is 0.326 e. The molecule has 11 N–H and O–H groups in total. The van der Waals surface area contributed by atoms with Crippen LogP contribution in [-0.4, -0.2) is 129 Å². The summed E-state index contributed by atoms with van der Waals surface area (Å²) in [5.41, 5.74) is 5.38. The highest BCUT2D eigenvalue weighted by Crippen LogP contribution is 2.23. The molecule has 1 rings (SSSR count). The van der Waals surface area contributed by atoms with Crippen molar-refractivity contribution in [1.82, 2.24) is 21.3 Å². The molecule has 0 radical (unpaired) electrons. The van der Waals surface area contributed by atoms with E-state index in [0.717, 1.165) is 6.92 Å². The van der Waals surface area contributed by atoms with Gasteiger partial charge in [-0.25, -0.2) is 9.59 Å². The van der Waals surface area contributed by atoms with Crippen molar-refractivity contribution in [2.24, 2.45) is 5.73 Å². The summed E-state index contributed by atoms with van der Waals surface area (Å²) in [6.45, 7) is 3.30. The number of aliphatic carboxylic acids is 2. The molecule has 9 atom stereocenters. The minimum Gasteiger partial charge on any atom is -0.480 e. The molecule has 1 heterocycles. The third-order valence-corrected chi connectivity index (χ3v) is 6.58. The van der Waals surface area contributed by atoms with Gasteiger partial charge in [0.1, 0.15) is 48.6 Å². The Balaban J connectivity index is 2.74. The second-order valence-corrected chi connectivity index (χ2v) is 10.1. The normalized spacial score (nSPS) is 24.5. The van der Waals surface area contributed by atoms with Crippen LogP contribution in [0.4, 0.5) is 0 Å². The van der Waals surface area contributed by atoms with Gasteiger partial charge in [0.05, 0.1) is 6.61 Å². The summed E-state index contributed by atoms with van der Waals surface area (Å²) < 4.78 is 10.7. The van der Waals surface area contributed by atoms with Crippen molar-refractivity contribution in [2.75, 3.05) is 13.2 Å². The van der Waals surface area contributed by atoms with Crippen LogP contribution in [0.25, 0.3) is 0 Å². The number of carboxylic acid groups (broad SMARTS) is 2. The number of amides is 4. The summed E-state index contributed by atoms with van der Waals surface area (Å²) in [5, 5.41) is 58.1. The molecule has 0 aliphatic carbocycles. The molecule has 0 aromatic carbocycles. The van der Waals surface area contributed by atoms with Crippen molar-refractivity contribution in [2.45, 2.75) is 108 Å². The molecule has 0 aromatic heterocycles. The first-order valence-electron chi connectivity index (χ1n) is 13.7. The van der Waals surface area contributed by atoms with Crippen molar-refractivity contribution >= 4 is 35.6 Å². The summed E-state index contributed by atoms with van der Waals surface area (Å²) in [5.74, 6) is -5.85. The molecule has 1 aliphatic rings. The molecule has 246 valence electrons. The lowest BCUT2D eigenvalue weighted by molar-refractivity contribution is -0.266. The Morgan fingerprint density at radius 1 is 0.907 bits per heavy atom. The Morgan fingerprint density at radius 3 is 2.05 bits per heavy atom. The van der Waals surface area contributed by atoms with Gasteiger partial charge in [0.2, 0.25) is 23.6 Å². The number of carbonyl (C=O) groups excluding carboxylic acids is 4. The number of unbranched alkanes of at least 4 members (excludes halogenated alkanes) is 1. The first-order chi connectivity index (χ1) is 20.1. The van der Waals surface area contributed by atoms with Crippen LogP contribution in [0.1, 0.15) is 52.9 Å². The number of carbonyl (C=O) groups is 6. The Hall–Kier alpha value is -3.42. The van der Waals surface area contributed by atoms with E-state index in [1.807, 2.05) is 0 Å². The molecule has 0 bridgehead atoms. The summed E-state index contributed by atoms with van der Waals surface area (Å²) >= 11 is 0. The molecule has 43 heavy (non-hydrogen) atoms. The van der Waals surface area contributed by atoms with Crippen LogP contribution in [0, 0.1) is 0 Å². The molecule has 0 saturated carbocycles. The van der Waals surface area contributed by atoms with Gasteiger partial charge in [-0.2, -0.15) is 0 Å². The number of aliphatic hydroxyl groups is 3. The first kappa shape index (κ1) is 37.6. The SMILES string of the molecule is CC(=O)N[C@H]1C(O)O[C@H](CO)[C@@H](O)[C@@H]1O[C@H](C)C(=O)N[C@@H](C)C(=O)N[C@H](CCC(=O)N[C@@H](CCCCN)C(=O)O)C(=O)O. The second kappa shape index (κ2) is 18.3. The van der Waals surface area contributed by atoms with Gasteiger partial charge in [-0.05, 0) is 46.1 Å². The van der Waals surface area contributed by atoms with E-state index in [1.54, 1.807) is 0 Å². The molecule has 1 aliphatic heterocycles. The van der Waals surface area contributed by atoms with Gasteiger partial charge in [0, 0.05) is 13.3 Å². The number of nitrogens with two attached hydrogens (primary N) is 1. The zero-order chi connectivity index (χ0) is 32.9. The lowest BCUT2D eigenvalue weighted by Gasteiger charge is -2.43. The number of hydrogen-bond donors (Lipinski definition) is 10. The fraction of sp³-hybridized carbons (Fsp3) is 0.760. The highest BCUT2D eigenvalue weighted by Gasteiger charge is 2.47. The van der Waals surface area contributed by atoms with Crippen molar-refractivity contribution < 1.29 is 63.8 Å². The van der Waals surface area contributed by atoms with Gasteiger partial charge in [-0.3, -0.25) is 19.2 Å². The number of aliphatic hydroxyl groups excluding tert-OH is 3. The van der Waals surface area contributed by atoms with E-state index in [0.29, 0.717) is 19.4 Å². The third-order valence-electron chi connectivity index (χ3n) is 6.58.